The second kappa shape index (κ2) is 7.74. The number of hydrogen-bond acceptors (Lipinski definition) is 7. The summed E-state index contributed by atoms with van der Waals surface area (Å²) >= 11 is 0. The smallest absolute Gasteiger partial charge is 0.271 e. The molecule has 0 aliphatic rings. The van der Waals surface area contributed by atoms with Crippen LogP contribution in [0, 0.1) is 0 Å². The van der Waals surface area contributed by atoms with E-state index in [1.165, 1.54) is 16.8 Å². The summed E-state index contributed by atoms with van der Waals surface area (Å²) in [5.41, 5.74) is 3.50. The van der Waals surface area contributed by atoms with E-state index in [9.17, 15) is 9.59 Å². The Labute approximate surface area is 171 Å². The third-order valence-electron chi connectivity index (χ3n) is 4.93. The van der Waals surface area contributed by atoms with Gasteiger partial charge in [0.1, 0.15) is 5.52 Å². The van der Waals surface area contributed by atoms with Crippen LogP contribution in [0.1, 0.15) is 0 Å². The molecule has 3 heterocycles. The van der Waals surface area contributed by atoms with E-state index in [4.69, 9.17) is 0 Å². The van der Waals surface area contributed by atoms with Crippen molar-refractivity contribution in [1.29, 1.82) is 0 Å². The maximum absolute atomic E-state index is 12.6. The molecule has 10 nitrogen and oxygen atoms in total. The van der Waals surface area contributed by atoms with Crippen LogP contribution in [0.5, 0.6) is 0 Å². The SMILES string of the molecule is CNc1ccn(N(C)c2ccn(CNc3ccc4c(c3)nnn4C)c(=O)c2)c(=O)c1. The first kappa shape index (κ1) is 19.2. The molecule has 3 aromatic heterocycles. The minimum atomic E-state index is -0.199. The van der Waals surface area contributed by atoms with E-state index in [2.05, 4.69) is 20.9 Å². The van der Waals surface area contributed by atoms with Crippen LogP contribution in [0.3, 0.4) is 0 Å². The number of aryl methyl sites for hydroxylation is 1. The van der Waals surface area contributed by atoms with Crippen LogP contribution in [0.4, 0.5) is 17.1 Å². The number of hydrogen-bond donors (Lipinski definition) is 2. The van der Waals surface area contributed by atoms with Gasteiger partial charge in [0.2, 0.25) is 0 Å². The molecule has 154 valence electrons. The molecule has 2 N–H and O–H groups in total. The number of aromatic nitrogens is 5. The fourth-order valence-electron chi connectivity index (χ4n) is 3.16. The van der Waals surface area contributed by atoms with Gasteiger partial charge in [-0.05, 0) is 30.3 Å². The molecule has 0 spiro atoms. The zero-order valence-corrected chi connectivity index (χ0v) is 16.9. The van der Waals surface area contributed by atoms with E-state index < -0.39 is 0 Å². The lowest BCUT2D eigenvalue weighted by Crippen LogP contribution is -2.35. The number of rotatable bonds is 6. The third kappa shape index (κ3) is 3.62. The van der Waals surface area contributed by atoms with Gasteiger partial charge in [-0.2, -0.15) is 0 Å². The molecule has 0 atom stereocenters. The summed E-state index contributed by atoms with van der Waals surface area (Å²) in [4.78, 5) is 24.9. The van der Waals surface area contributed by atoms with Crippen molar-refractivity contribution in [3.05, 3.63) is 75.6 Å². The quantitative estimate of drug-likeness (QED) is 0.498. The van der Waals surface area contributed by atoms with Gasteiger partial charge in [0.15, 0.2) is 0 Å². The Hall–Kier alpha value is -4.08. The maximum Gasteiger partial charge on any atom is 0.271 e. The van der Waals surface area contributed by atoms with Gasteiger partial charge in [0, 0.05) is 57.0 Å². The highest BCUT2D eigenvalue weighted by Gasteiger charge is 2.08. The molecule has 0 fully saturated rings. The summed E-state index contributed by atoms with van der Waals surface area (Å²) in [6.07, 6.45) is 3.35. The first-order chi connectivity index (χ1) is 14.5. The van der Waals surface area contributed by atoms with Crippen molar-refractivity contribution >= 4 is 28.1 Å². The number of anilines is 3. The minimum Gasteiger partial charge on any atom is -0.388 e. The number of benzene rings is 1. The van der Waals surface area contributed by atoms with Crippen LogP contribution in [-0.2, 0) is 13.7 Å². The lowest BCUT2D eigenvalue weighted by molar-refractivity contribution is 0.715. The van der Waals surface area contributed by atoms with Gasteiger partial charge >= 0.3 is 0 Å². The number of nitrogens with one attached hydrogen (secondary N) is 2. The fraction of sp³-hybridized carbons (Fsp3) is 0.200. The summed E-state index contributed by atoms with van der Waals surface area (Å²) in [5, 5.41) is 15.9. The molecule has 0 bridgehead atoms. The average molecular weight is 406 g/mol. The Bertz CT molecular complexity index is 1320. The molecule has 0 unspecified atom stereocenters. The molecular formula is C20H22N8O2. The van der Waals surface area contributed by atoms with E-state index in [0.717, 1.165) is 22.4 Å². The van der Waals surface area contributed by atoms with E-state index in [1.54, 1.807) is 52.9 Å². The van der Waals surface area contributed by atoms with Crippen LogP contribution in [0.15, 0.2) is 64.4 Å². The third-order valence-corrected chi connectivity index (χ3v) is 4.93. The zero-order valence-electron chi connectivity index (χ0n) is 16.9. The van der Waals surface area contributed by atoms with Crippen molar-refractivity contribution in [3.8, 4) is 0 Å². The van der Waals surface area contributed by atoms with Crippen molar-refractivity contribution in [2.45, 2.75) is 6.67 Å². The van der Waals surface area contributed by atoms with Crippen molar-refractivity contribution in [2.24, 2.45) is 7.05 Å². The Kier molecular flexibility index (Phi) is 4.97. The van der Waals surface area contributed by atoms with Gasteiger partial charge in [0.05, 0.1) is 17.9 Å². The Balaban J connectivity index is 1.51. The molecular weight excluding hydrogens is 384 g/mol. The molecule has 1 aromatic carbocycles. The predicted octanol–water partition coefficient (Wildman–Crippen LogP) is 1.30. The second-order valence-corrected chi connectivity index (χ2v) is 6.82. The van der Waals surface area contributed by atoms with Gasteiger partial charge in [-0.1, -0.05) is 5.21 Å². The van der Waals surface area contributed by atoms with Crippen LogP contribution < -0.4 is 26.8 Å². The summed E-state index contributed by atoms with van der Waals surface area (Å²) in [6, 6.07) is 12.3. The largest absolute Gasteiger partial charge is 0.388 e. The first-order valence-electron chi connectivity index (χ1n) is 9.34. The summed E-state index contributed by atoms with van der Waals surface area (Å²) in [6.45, 7) is 0.297. The van der Waals surface area contributed by atoms with E-state index >= 15 is 0 Å². The first-order valence-corrected chi connectivity index (χ1v) is 9.34. The average Bonchev–Trinajstić information content (AvgIpc) is 3.12. The van der Waals surface area contributed by atoms with Crippen molar-refractivity contribution in [2.75, 3.05) is 29.7 Å². The molecule has 30 heavy (non-hydrogen) atoms. The van der Waals surface area contributed by atoms with E-state index in [-0.39, 0.29) is 11.1 Å². The van der Waals surface area contributed by atoms with Crippen molar-refractivity contribution in [3.63, 3.8) is 0 Å². The van der Waals surface area contributed by atoms with Gasteiger partial charge in [-0.15, -0.1) is 5.10 Å². The highest BCUT2D eigenvalue weighted by molar-refractivity contribution is 5.78. The van der Waals surface area contributed by atoms with Crippen LogP contribution in [0.25, 0.3) is 11.0 Å². The van der Waals surface area contributed by atoms with Crippen LogP contribution >= 0.6 is 0 Å². The minimum absolute atomic E-state index is 0.188. The second-order valence-electron chi connectivity index (χ2n) is 6.82. The Morgan fingerprint density at radius 2 is 1.83 bits per heavy atom. The maximum atomic E-state index is 12.6. The molecule has 4 rings (SSSR count). The zero-order chi connectivity index (χ0) is 21.3. The molecule has 0 amide bonds. The topological polar surface area (TPSA) is 102 Å². The molecule has 0 aliphatic carbocycles. The highest BCUT2D eigenvalue weighted by Crippen LogP contribution is 2.16. The normalized spacial score (nSPS) is 10.9. The Morgan fingerprint density at radius 3 is 2.57 bits per heavy atom. The van der Waals surface area contributed by atoms with Gasteiger partial charge in [0.25, 0.3) is 11.1 Å². The number of nitrogens with zero attached hydrogens (tertiary/aromatic N) is 6. The molecule has 0 radical (unpaired) electrons. The van der Waals surface area contributed by atoms with Gasteiger partial charge < -0.3 is 10.6 Å². The fourth-order valence-corrected chi connectivity index (χ4v) is 3.16. The monoisotopic (exact) mass is 406 g/mol. The lowest BCUT2D eigenvalue weighted by atomic mass is 10.3. The standard InChI is InChI=1S/C20H22N8O2/c1-21-14-6-9-28(20(30)11-14)26(3)16-7-8-27(19(29)12-16)13-22-15-4-5-18-17(10-15)23-24-25(18)2/h4-12,21-22H,13H2,1-3H3. The number of pyridine rings is 2. The molecule has 0 saturated carbocycles. The Morgan fingerprint density at radius 1 is 1.00 bits per heavy atom. The lowest BCUT2D eigenvalue weighted by Gasteiger charge is -2.22. The van der Waals surface area contributed by atoms with Gasteiger partial charge in [-0.3, -0.25) is 19.2 Å². The van der Waals surface area contributed by atoms with Crippen LogP contribution in [-0.4, -0.2) is 38.3 Å². The van der Waals surface area contributed by atoms with Crippen molar-refractivity contribution < 1.29 is 0 Å². The van der Waals surface area contributed by atoms with Crippen LogP contribution in [0.2, 0.25) is 0 Å². The van der Waals surface area contributed by atoms with Crippen molar-refractivity contribution in [1.82, 2.24) is 24.2 Å². The summed E-state index contributed by atoms with van der Waals surface area (Å²) in [5.74, 6) is 0. The molecule has 0 aliphatic heterocycles. The summed E-state index contributed by atoms with van der Waals surface area (Å²) in [7, 11) is 5.32. The predicted molar refractivity (Wildman–Crippen MR) is 117 cm³/mol. The van der Waals surface area contributed by atoms with Gasteiger partial charge in [-0.25, -0.2) is 9.36 Å². The number of fused-ring (bicyclic) bond motifs is 1. The van der Waals surface area contributed by atoms with E-state index in [0.29, 0.717) is 12.4 Å². The highest BCUT2D eigenvalue weighted by atomic mass is 16.1. The molecule has 10 heteroatoms. The summed E-state index contributed by atoms with van der Waals surface area (Å²) < 4.78 is 4.69. The molecule has 0 saturated heterocycles. The molecule has 4 aromatic rings. The van der Waals surface area contributed by atoms with E-state index in [1.807, 2.05) is 25.2 Å².